The van der Waals surface area contributed by atoms with Crippen LogP contribution in [0.2, 0.25) is 0 Å². The van der Waals surface area contributed by atoms with E-state index in [4.69, 9.17) is 9.68 Å². The maximum absolute atomic E-state index is 13.5. The number of rotatable bonds is 2. The van der Waals surface area contributed by atoms with Gasteiger partial charge in [-0.3, -0.25) is 0 Å². The number of furan rings is 1. The van der Waals surface area contributed by atoms with Gasteiger partial charge in [0.25, 0.3) is 0 Å². The molecule has 2 nitrogen and oxygen atoms in total. The molecule has 2 rings (SSSR count). The summed E-state index contributed by atoms with van der Waals surface area (Å²) < 4.78 is 19.3. The molecule has 1 aromatic carbocycles. The lowest BCUT2D eigenvalue weighted by Crippen LogP contribution is -1.86. The fourth-order valence-corrected chi connectivity index (χ4v) is 1.72. The first-order valence-electron chi connectivity index (χ1n) is 4.83. The van der Waals surface area contributed by atoms with Crippen LogP contribution in [0.25, 0.3) is 11.6 Å². The van der Waals surface area contributed by atoms with Crippen molar-refractivity contribution in [3.05, 3.63) is 58.2 Å². The fourth-order valence-electron chi connectivity index (χ4n) is 1.40. The van der Waals surface area contributed by atoms with Crippen LogP contribution in [0.1, 0.15) is 11.3 Å². The quantitative estimate of drug-likeness (QED) is 0.776. The number of nitriles is 1. The van der Waals surface area contributed by atoms with E-state index in [1.54, 1.807) is 30.3 Å². The van der Waals surface area contributed by atoms with Crippen LogP contribution >= 0.6 is 15.9 Å². The first-order chi connectivity index (χ1) is 8.20. The van der Waals surface area contributed by atoms with E-state index in [1.807, 2.05) is 6.07 Å². The maximum atomic E-state index is 13.5. The molecule has 17 heavy (non-hydrogen) atoms. The third-order valence-corrected chi connectivity index (χ3v) is 2.59. The summed E-state index contributed by atoms with van der Waals surface area (Å²) in [5.74, 6) is 0.0719. The standard InChI is InChI=1S/C13H7BrFNO/c14-13-6-5-10(17-13)7-9(8-16)11-3-1-2-4-12(11)15/h1-7H. The van der Waals surface area contributed by atoms with Crippen molar-refractivity contribution in [3.8, 4) is 6.07 Å². The molecule has 0 N–H and O–H groups in total. The Bertz CT molecular complexity index is 610. The molecule has 0 amide bonds. The predicted molar refractivity (Wildman–Crippen MR) is 66.3 cm³/mol. The zero-order valence-electron chi connectivity index (χ0n) is 8.65. The predicted octanol–water partition coefficient (Wildman–Crippen LogP) is 4.25. The van der Waals surface area contributed by atoms with E-state index in [1.165, 1.54) is 12.1 Å². The van der Waals surface area contributed by atoms with E-state index < -0.39 is 5.82 Å². The molecule has 4 heteroatoms. The van der Waals surface area contributed by atoms with Crippen molar-refractivity contribution in [1.82, 2.24) is 0 Å². The van der Waals surface area contributed by atoms with Crippen molar-refractivity contribution in [2.45, 2.75) is 0 Å². The highest BCUT2D eigenvalue weighted by atomic mass is 79.9. The third kappa shape index (κ3) is 2.63. The van der Waals surface area contributed by atoms with Crippen LogP contribution in [0.15, 0.2) is 45.5 Å². The summed E-state index contributed by atoms with van der Waals surface area (Å²) in [5, 5.41) is 9.03. The van der Waals surface area contributed by atoms with Gasteiger partial charge in [0.2, 0.25) is 0 Å². The second kappa shape index (κ2) is 4.98. The van der Waals surface area contributed by atoms with Crippen molar-refractivity contribution in [1.29, 1.82) is 5.26 Å². The molecule has 0 fully saturated rings. The second-order valence-corrected chi connectivity index (χ2v) is 4.07. The number of halogens is 2. The molecule has 0 radical (unpaired) electrons. The van der Waals surface area contributed by atoms with Crippen LogP contribution in [-0.2, 0) is 0 Å². The van der Waals surface area contributed by atoms with Gasteiger partial charge < -0.3 is 4.42 Å². The van der Waals surface area contributed by atoms with Gasteiger partial charge >= 0.3 is 0 Å². The van der Waals surface area contributed by atoms with E-state index in [9.17, 15) is 4.39 Å². The molecule has 0 unspecified atom stereocenters. The highest BCUT2D eigenvalue weighted by Crippen LogP contribution is 2.22. The first-order valence-corrected chi connectivity index (χ1v) is 5.62. The molecule has 0 saturated carbocycles. The normalized spacial score (nSPS) is 11.2. The Morgan fingerprint density at radius 3 is 2.65 bits per heavy atom. The average Bonchev–Trinajstić information content (AvgIpc) is 2.73. The van der Waals surface area contributed by atoms with E-state index in [-0.39, 0.29) is 11.1 Å². The molecule has 1 heterocycles. The lowest BCUT2D eigenvalue weighted by atomic mass is 10.1. The van der Waals surface area contributed by atoms with Crippen molar-refractivity contribution in [3.63, 3.8) is 0 Å². The lowest BCUT2D eigenvalue weighted by Gasteiger charge is -1.99. The Morgan fingerprint density at radius 1 is 1.29 bits per heavy atom. The molecule has 0 bridgehead atoms. The minimum atomic E-state index is -0.425. The summed E-state index contributed by atoms with van der Waals surface area (Å²) in [5.41, 5.74) is 0.493. The second-order valence-electron chi connectivity index (χ2n) is 3.29. The van der Waals surface area contributed by atoms with Gasteiger partial charge in [0.1, 0.15) is 11.6 Å². The van der Waals surface area contributed by atoms with Gasteiger partial charge in [0.15, 0.2) is 4.67 Å². The Balaban J connectivity index is 2.45. The number of allylic oxidation sites excluding steroid dienone is 1. The number of benzene rings is 1. The smallest absolute Gasteiger partial charge is 0.169 e. The summed E-state index contributed by atoms with van der Waals surface area (Å²) >= 11 is 3.16. The first kappa shape index (κ1) is 11.6. The van der Waals surface area contributed by atoms with Crippen molar-refractivity contribution in [2.24, 2.45) is 0 Å². The van der Waals surface area contributed by atoms with Gasteiger partial charge in [0.05, 0.1) is 11.6 Å². The maximum Gasteiger partial charge on any atom is 0.169 e. The zero-order chi connectivity index (χ0) is 12.3. The number of hydrogen-bond acceptors (Lipinski definition) is 2. The van der Waals surface area contributed by atoms with Crippen LogP contribution in [-0.4, -0.2) is 0 Å². The summed E-state index contributed by atoms with van der Waals surface area (Å²) in [6, 6.07) is 11.5. The molecule has 0 atom stereocenters. The van der Waals surface area contributed by atoms with E-state index in [0.29, 0.717) is 10.4 Å². The SMILES string of the molecule is N#CC(=Cc1ccc(Br)o1)c1ccccc1F. The Hall–Kier alpha value is -1.86. The molecular formula is C13H7BrFNO. The third-order valence-electron chi connectivity index (χ3n) is 2.17. The summed E-state index contributed by atoms with van der Waals surface area (Å²) in [6.07, 6.45) is 1.50. The Kier molecular flexibility index (Phi) is 3.40. The molecule has 0 aliphatic heterocycles. The van der Waals surface area contributed by atoms with Crippen LogP contribution < -0.4 is 0 Å². The highest BCUT2D eigenvalue weighted by Gasteiger charge is 2.07. The van der Waals surface area contributed by atoms with Crippen LogP contribution in [0.5, 0.6) is 0 Å². The minimum Gasteiger partial charge on any atom is -0.450 e. The van der Waals surface area contributed by atoms with Gasteiger partial charge in [-0.1, -0.05) is 18.2 Å². The minimum absolute atomic E-state index is 0.227. The summed E-state index contributed by atoms with van der Waals surface area (Å²) in [7, 11) is 0. The average molecular weight is 292 g/mol. The van der Waals surface area contributed by atoms with Crippen LogP contribution in [0.4, 0.5) is 4.39 Å². The van der Waals surface area contributed by atoms with Gasteiger partial charge in [-0.15, -0.1) is 0 Å². The summed E-state index contributed by atoms with van der Waals surface area (Å²) in [6.45, 7) is 0. The molecule has 0 saturated heterocycles. The van der Waals surface area contributed by atoms with Crippen LogP contribution in [0, 0.1) is 17.1 Å². The van der Waals surface area contributed by atoms with E-state index in [0.717, 1.165) is 0 Å². The van der Waals surface area contributed by atoms with E-state index in [2.05, 4.69) is 15.9 Å². The number of nitrogens with zero attached hydrogens (tertiary/aromatic N) is 1. The highest BCUT2D eigenvalue weighted by molar-refractivity contribution is 9.10. The molecule has 2 aromatic rings. The Labute approximate surface area is 106 Å². The lowest BCUT2D eigenvalue weighted by molar-refractivity contribution is 0.532. The van der Waals surface area contributed by atoms with Crippen molar-refractivity contribution < 1.29 is 8.81 Å². The molecular weight excluding hydrogens is 285 g/mol. The van der Waals surface area contributed by atoms with Crippen molar-refractivity contribution >= 4 is 27.6 Å². The van der Waals surface area contributed by atoms with Crippen molar-refractivity contribution in [2.75, 3.05) is 0 Å². The zero-order valence-corrected chi connectivity index (χ0v) is 10.2. The van der Waals surface area contributed by atoms with Crippen LogP contribution in [0.3, 0.4) is 0 Å². The Morgan fingerprint density at radius 2 is 2.06 bits per heavy atom. The van der Waals surface area contributed by atoms with Gasteiger partial charge in [-0.2, -0.15) is 5.26 Å². The van der Waals surface area contributed by atoms with E-state index >= 15 is 0 Å². The fraction of sp³-hybridized carbons (Fsp3) is 0. The largest absolute Gasteiger partial charge is 0.450 e. The van der Waals surface area contributed by atoms with Gasteiger partial charge in [0, 0.05) is 5.56 Å². The molecule has 0 aliphatic carbocycles. The van der Waals surface area contributed by atoms with Gasteiger partial charge in [-0.25, -0.2) is 4.39 Å². The molecule has 1 aromatic heterocycles. The van der Waals surface area contributed by atoms with Gasteiger partial charge in [-0.05, 0) is 40.2 Å². The monoisotopic (exact) mass is 291 g/mol. The number of hydrogen-bond donors (Lipinski definition) is 0. The summed E-state index contributed by atoms with van der Waals surface area (Å²) in [4.78, 5) is 0. The molecule has 84 valence electrons. The molecule has 0 aliphatic rings. The molecule has 0 spiro atoms. The topological polar surface area (TPSA) is 36.9 Å².